The summed E-state index contributed by atoms with van der Waals surface area (Å²) in [6.45, 7) is 2.31. The maximum atomic E-state index is 6.15. The second-order valence-corrected chi connectivity index (χ2v) is 5.16. The van der Waals surface area contributed by atoms with Crippen molar-refractivity contribution in [3.8, 4) is 0 Å². The minimum atomic E-state index is 0.438. The Morgan fingerprint density at radius 3 is 2.94 bits per heavy atom. The summed E-state index contributed by atoms with van der Waals surface area (Å²) in [7, 11) is 0. The highest BCUT2D eigenvalue weighted by molar-refractivity contribution is 5.57. The normalized spacial score (nSPS) is 20.9. The second-order valence-electron chi connectivity index (χ2n) is 5.16. The van der Waals surface area contributed by atoms with Crippen molar-refractivity contribution in [3.63, 3.8) is 0 Å². The van der Waals surface area contributed by atoms with E-state index in [1.54, 1.807) is 0 Å². The molecule has 0 saturated heterocycles. The zero-order valence-corrected chi connectivity index (χ0v) is 9.73. The van der Waals surface area contributed by atoms with Crippen LogP contribution in [0.15, 0.2) is 24.3 Å². The first-order chi connectivity index (χ1) is 7.84. The SMILES string of the molecule is NC(CCN1CCc2ccccc21)C1CC1. The van der Waals surface area contributed by atoms with Crippen LogP contribution in [0.3, 0.4) is 0 Å². The molecule has 1 saturated carbocycles. The zero-order valence-electron chi connectivity index (χ0n) is 9.73. The quantitative estimate of drug-likeness (QED) is 0.836. The van der Waals surface area contributed by atoms with Gasteiger partial charge in [0.2, 0.25) is 0 Å². The van der Waals surface area contributed by atoms with Gasteiger partial charge < -0.3 is 10.6 Å². The van der Waals surface area contributed by atoms with Crippen molar-refractivity contribution in [1.29, 1.82) is 0 Å². The fourth-order valence-electron chi connectivity index (χ4n) is 2.70. The third-order valence-corrected chi connectivity index (χ3v) is 3.94. The standard InChI is InChI=1S/C14H20N2/c15-13(11-5-6-11)8-10-16-9-7-12-3-1-2-4-14(12)16/h1-4,11,13H,5-10,15H2. The van der Waals surface area contributed by atoms with Crippen LogP contribution in [-0.4, -0.2) is 19.1 Å². The Morgan fingerprint density at radius 2 is 2.12 bits per heavy atom. The molecule has 3 rings (SSSR count). The highest BCUT2D eigenvalue weighted by Gasteiger charge is 2.29. The summed E-state index contributed by atoms with van der Waals surface area (Å²) >= 11 is 0. The summed E-state index contributed by atoms with van der Waals surface area (Å²) < 4.78 is 0. The number of hydrogen-bond donors (Lipinski definition) is 1. The molecule has 1 aliphatic heterocycles. The number of nitrogens with two attached hydrogens (primary N) is 1. The summed E-state index contributed by atoms with van der Waals surface area (Å²) in [5, 5.41) is 0. The number of hydrogen-bond acceptors (Lipinski definition) is 2. The third kappa shape index (κ3) is 1.94. The Kier molecular flexibility index (Phi) is 2.60. The van der Waals surface area contributed by atoms with Crippen molar-refractivity contribution >= 4 is 5.69 Å². The first kappa shape index (κ1) is 10.2. The van der Waals surface area contributed by atoms with E-state index in [0.29, 0.717) is 6.04 Å². The van der Waals surface area contributed by atoms with Crippen LogP contribution < -0.4 is 10.6 Å². The molecule has 1 atom stereocenters. The molecule has 1 aromatic carbocycles. The largest absolute Gasteiger partial charge is 0.371 e. The molecule has 0 amide bonds. The summed E-state index contributed by atoms with van der Waals surface area (Å²) in [4.78, 5) is 2.50. The summed E-state index contributed by atoms with van der Waals surface area (Å²) in [5.41, 5.74) is 9.09. The van der Waals surface area contributed by atoms with Crippen LogP contribution in [0, 0.1) is 5.92 Å². The number of nitrogens with zero attached hydrogens (tertiary/aromatic N) is 1. The average Bonchev–Trinajstić information content (AvgIpc) is 3.08. The van der Waals surface area contributed by atoms with E-state index in [2.05, 4.69) is 29.2 Å². The van der Waals surface area contributed by atoms with E-state index in [1.807, 2.05) is 0 Å². The molecule has 1 unspecified atom stereocenters. The average molecular weight is 216 g/mol. The van der Waals surface area contributed by atoms with Crippen LogP contribution in [0.1, 0.15) is 24.8 Å². The van der Waals surface area contributed by atoms with E-state index in [0.717, 1.165) is 18.9 Å². The second kappa shape index (κ2) is 4.10. The molecule has 2 heteroatoms. The van der Waals surface area contributed by atoms with Gasteiger partial charge in [0.15, 0.2) is 0 Å². The number of anilines is 1. The van der Waals surface area contributed by atoms with Crippen LogP contribution >= 0.6 is 0 Å². The Morgan fingerprint density at radius 1 is 1.31 bits per heavy atom. The number of rotatable bonds is 4. The number of benzene rings is 1. The molecule has 16 heavy (non-hydrogen) atoms. The summed E-state index contributed by atoms with van der Waals surface area (Å²) in [6.07, 6.45) is 5.07. The van der Waals surface area contributed by atoms with E-state index in [1.165, 1.54) is 37.1 Å². The molecule has 0 spiro atoms. The molecule has 0 aromatic heterocycles. The van der Waals surface area contributed by atoms with Gasteiger partial charge >= 0.3 is 0 Å². The molecule has 1 heterocycles. The van der Waals surface area contributed by atoms with Gasteiger partial charge in [0.25, 0.3) is 0 Å². The highest BCUT2D eigenvalue weighted by atomic mass is 15.1. The van der Waals surface area contributed by atoms with E-state index >= 15 is 0 Å². The molecule has 0 bridgehead atoms. The van der Waals surface area contributed by atoms with Gasteiger partial charge in [-0.15, -0.1) is 0 Å². The van der Waals surface area contributed by atoms with Crippen molar-refractivity contribution in [2.75, 3.05) is 18.0 Å². The van der Waals surface area contributed by atoms with Crippen LogP contribution in [0.4, 0.5) is 5.69 Å². The monoisotopic (exact) mass is 216 g/mol. The summed E-state index contributed by atoms with van der Waals surface area (Å²) in [6, 6.07) is 9.20. The van der Waals surface area contributed by atoms with E-state index in [4.69, 9.17) is 5.73 Å². The van der Waals surface area contributed by atoms with Crippen molar-refractivity contribution in [2.45, 2.75) is 31.7 Å². The Bertz CT molecular complexity index is 371. The number of fused-ring (bicyclic) bond motifs is 1. The molecule has 1 aromatic rings. The molecule has 2 N–H and O–H groups in total. The highest BCUT2D eigenvalue weighted by Crippen LogP contribution is 2.34. The van der Waals surface area contributed by atoms with E-state index in [9.17, 15) is 0 Å². The smallest absolute Gasteiger partial charge is 0.0399 e. The fraction of sp³-hybridized carbons (Fsp3) is 0.571. The predicted molar refractivity (Wildman–Crippen MR) is 67.7 cm³/mol. The molecular formula is C14H20N2. The number of para-hydroxylation sites is 1. The molecule has 0 radical (unpaired) electrons. The minimum absolute atomic E-state index is 0.438. The van der Waals surface area contributed by atoms with E-state index < -0.39 is 0 Å². The topological polar surface area (TPSA) is 29.3 Å². The van der Waals surface area contributed by atoms with Gasteiger partial charge in [-0.25, -0.2) is 0 Å². The maximum Gasteiger partial charge on any atom is 0.0399 e. The van der Waals surface area contributed by atoms with Crippen LogP contribution in [0.2, 0.25) is 0 Å². The van der Waals surface area contributed by atoms with Crippen molar-refractivity contribution < 1.29 is 0 Å². The zero-order chi connectivity index (χ0) is 11.0. The first-order valence-electron chi connectivity index (χ1n) is 6.43. The van der Waals surface area contributed by atoms with Gasteiger partial charge in [-0.05, 0) is 43.2 Å². The first-order valence-corrected chi connectivity index (χ1v) is 6.43. The minimum Gasteiger partial charge on any atom is -0.371 e. The lowest BCUT2D eigenvalue weighted by Crippen LogP contribution is -2.30. The predicted octanol–water partition coefficient (Wildman–Crippen LogP) is 2.18. The molecule has 1 fully saturated rings. The lowest BCUT2D eigenvalue weighted by molar-refractivity contribution is 0.546. The van der Waals surface area contributed by atoms with Crippen LogP contribution in [0.25, 0.3) is 0 Å². The Hall–Kier alpha value is -1.02. The third-order valence-electron chi connectivity index (χ3n) is 3.94. The van der Waals surface area contributed by atoms with Gasteiger partial charge in [-0.2, -0.15) is 0 Å². The van der Waals surface area contributed by atoms with Gasteiger partial charge in [0.05, 0.1) is 0 Å². The van der Waals surface area contributed by atoms with Crippen molar-refractivity contribution in [2.24, 2.45) is 11.7 Å². The molecule has 2 nitrogen and oxygen atoms in total. The van der Waals surface area contributed by atoms with Crippen molar-refractivity contribution in [1.82, 2.24) is 0 Å². The lowest BCUT2D eigenvalue weighted by Gasteiger charge is -2.21. The molecule has 1 aliphatic carbocycles. The van der Waals surface area contributed by atoms with Gasteiger partial charge in [-0.3, -0.25) is 0 Å². The molecule has 86 valence electrons. The van der Waals surface area contributed by atoms with Crippen LogP contribution in [-0.2, 0) is 6.42 Å². The molecule has 2 aliphatic rings. The lowest BCUT2D eigenvalue weighted by atomic mass is 10.1. The summed E-state index contributed by atoms with van der Waals surface area (Å²) in [5.74, 6) is 0.831. The Labute approximate surface area is 97.4 Å². The Balaban J connectivity index is 1.60. The van der Waals surface area contributed by atoms with Gasteiger partial charge in [-0.1, -0.05) is 18.2 Å². The van der Waals surface area contributed by atoms with Crippen LogP contribution in [0.5, 0.6) is 0 Å². The fourth-order valence-corrected chi connectivity index (χ4v) is 2.70. The van der Waals surface area contributed by atoms with Gasteiger partial charge in [0, 0.05) is 24.8 Å². The van der Waals surface area contributed by atoms with Gasteiger partial charge in [0.1, 0.15) is 0 Å². The van der Waals surface area contributed by atoms with Crippen molar-refractivity contribution in [3.05, 3.63) is 29.8 Å². The van der Waals surface area contributed by atoms with E-state index in [-0.39, 0.29) is 0 Å². The maximum absolute atomic E-state index is 6.15. The molecular weight excluding hydrogens is 196 g/mol.